The van der Waals surface area contributed by atoms with E-state index in [4.69, 9.17) is 12.2 Å². The van der Waals surface area contributed by atoms with Gasteiger partial charge in [0.25, 0.3) is 0 Å². The fourth-order valence-electron chi connectivity index (χ4n) is 2.53. The Morgan fingerprint density at radius 1 is 1.25 bits per heavy atom. The van der Waals surface area contributed by atoms with Gasteiger partial charge in [-0.2, -0.15) is 0 Å². The monoisotopic (exact) mass is 305 g/mol. The van der Waals surface area contributed by atoms with Crippen molar-refractivity contribution in [2.24, 2.45) is 0 Å². The first-order valence-corrected chi connectivity index (χ1v) is 8.41. The lowest BCUT2D eigenvalue weighted by Crippen LogP contribution is -2.45. The molecule has 1 fully saturated rings. The second-order valence-corrected chi connectivity index (χ2v) is 6.69. The Bertz CT molecular complexity index is 588. The molecule has 0 aliphatic carbocycles. The minimum Gasteiger partial charge on any atom is -0.361 e. The predicted octanol–water partition coefficient (Wildman–Crippen LogP) is 2.63. The Kier molecular flexibility index (Phi) is 4.60. The maximum Gasteiger partial charge on any atom is 0.136 e. The van der Waals surface area contributed by atoms with Crippen LogP contribution in [0.4, 0.5) is 0 Å². The molecule has 0 bridgehead atoms. The Hall–Kier alpha value is -1.04. The molecule has 5 heteroatoms. The average Bonchev–Trinajstić information content (AvgIpc) is 2.92. The van der Waals surface area contributed by atoms with Gasteiger partial charge in [0.15, 0.2) is 0 Å². The van der Waals surface area contributed by atoms with Crippen LogP contribution in [0.5, 0.6) is 0 Å². The molecular formula is C15H19N3S2. The zero-order valence-corrected chi connectivity index (χ0v) is 13.0. The number of hydrogen-bond donors (Lipinski definition) is 2. The van der Waals surface area contributed by atoms with Crippen molar-refractivity contribution >= 4 is 39.2 Å². The number of aromatic nitrogens is 1. The smallest absolute Gasteiger partial charge is 0.136 e. The summed E-state index contributed by atoms with van der Waals surface area (Å²) in [5.41, 5.74) is 2.60. The molecule has 0 atom stereocenters. The summed E-state index contributed by atoms with van der Waals surface area (Å²) in [7, 11) is 0. The molecule has 0 saturated carbocycles. The molecule has 0 unspecified atom stereocenters. The third-order valence-electron chi connectivity index (χ3n) is 3.65. The number of hydrogen-bond acceptors (Lipinski definition) is 3. The van der Waals surface area contributed by atoms with Crippen molar-refractivity contribution in [3.63, 3.8) is 0 Å². The van der Waals surface area contributed by atoms with Crippen LogP contribution in [0.1, 0.15) is 5.56 Å². The summed E-state index contributed by atoms with van der Waals surface area (Å²) in [5.74, 6) is 1.05. The molecular weight excluding hydrogens is 286 g/mol. The summed E-state index contributed by atoms with van der Waals surface area (Å²) >= 11 is 7.32. The molecule has 1 aromatic heterocycles. The van der Waals surface area contributed by atoms with Crippen LogP contribution in [0.15, 0.2) is 30.5 Å². The molecule has 106 valence electrons. The number of benzene rings is 1. The lowest BCUT2D eigenvalue weighted by molar-refractivity contribution is 0.368. The zero-order valence-electron chi connectivity index (χ0n) is 11.4. The molecule has 1 aliphatic rings. The highest BCUT2D eigenvalue weighted by molar-refractivity contribution is 8.22. The van der Waals surface area contributed by atoms with E-state index >= 15 is 0 Å². The van der Waals surface area contributed by atoms with Crippen molar-refractivity contribution in [3.05, 3.63) is 36.0 Å². The van der Waals surface area contributed by atoms with Gasteiger partial charge in [-0.05, 0) is 18.1 Å². The van der Waals surface area contributed by atoms with Gasteiger partial charge in [-0.1, -0.05) is 42.2 Å². The van der Waals surface area contributed by atoms with Gasteiger partial charge < -0.3 is 15.2 Å². The van der Waals surface area contributed by atoms with Crippen LogP contribution < -0.4 is 5.32 Å². The summed E-state index contributed by atoms with van der Waals surface area (Å²) in [6.45, 7) is 4.17. The van der Waals surface area contributed by atoms with Gasteiger partial charge in [0.05, 0.1) is 0 Å². The van der Waals surface area contributed by atoms with Crippen LogP contribution in [0.25, 0.3) is 10.9 Å². The highest BCUT2D eigenvalue weighted by Crippen LogP contribution is 2.20. The number of thiocarbonyl (C=S) groups is 1. The zero-order chi connectivity index (χ0) is 13.8. The van der Waals surface area contributed by atoms with Crippen LogP contribution in [-0.4, -0.2) is 46.1 Å². The van der Waals surface area contributed by atoms with Crippen molar-refractivity contribution in [2.45, 2.75) is 6.42 Å². The summed E-state index contributed by atoms with van der Waals surface area (Å²) in [6.07, 6.45) is 3.18. The Balaban J connectivity index is 1.53. The van der Waals surface area contributed by atoms with E-state index in [-0.39, 0.29) is 0 Å². The number of aryl methyl sites for hydroxylation is 1. The first kappa shape index (κ1) is 13.9. The van der Waals surface area contributed by atoms with E-state index in [0.717, 1.165) is 42.7 Å². The fourth-order valence-corrected chi connectivity index (χ4v) is 3.82. The first-order valence-electron chi connectivity index (χ1n) is 7.02. The van der Waals surface area contributed by atoms with E-state index in [1.807, 2.05) is 0 Å². The van der Waals surface area contributed by atoms with Gasteiger partial charge in [-0.15, -0.1) is 0 Å². The lowest BCUT2D eigenvalue weighted by atomic mass is 10.1. The molecule has 2 heterocycles. The molecule has 1 aliphatic heterocycles. The van der Waals surface area contributed by atoms with Crippen LogP contribution in [0.3, 0.4) is 0 Å². The van der Waals surface area contributed by atoms with Gasteiger partial charge >= 0.3 is 0 Å². The van der Waals surface area contributed by atoms with Crippen LogP contribution in [0, 0.1) is 0 Å². The normalized spacial score (nSPS) is 15.7. The number of piperazine rings is 1. The Labute approximate surface area is 129 Å². The number of thioether (sulfide) groups is 1. The largest absolute Gasteiger partial charge is 0.361 e. The molecule has 3 rings (SSSR count). The van der Waals surface area contributed by atoms with Crippen molar-refractivity contribution in [1.82, 2.24) is 15.2 Å². The fraction of sp³-hybridized carbons (Fsp3) is 0.400. The third kappa shape index (κ3) is 3.16. The maximum absolute atomic E-state index is 5.52. The molecule has 20 heavy (non-hydrogen) atoms. The molecule has 0 amide bonds. The quantitative estimate of drug-likeness (QED) is 0.854. The lowest BCUT2D eigenvalue weighted by Gasteiger charge is -2.29. The average molecular weight is 305 g/mol. The number of fused-ring (bicyclic) bond motifs is 1. The predicted molar refractivity (Wildman–Crippen MR) is 91.5 cm³/mol. The second-order valence-electron chi connectivity index (χ2n) is 4.96. The first-order chi connectivity index (χ1) is 9.84. The van der Waals surface area contributed by atoms with Crippen LogP contribution >= 0.6 is 24.0 Å². The number of rotatable bonds is 3. The Morgan fingerprint density at radius 3 is 2.90 bits per heavy atom. The number of nitrogens with one attached hydrogen (secondary N) is 2. The standard InChI is InChI=1S/C15H19N3S2/c19-15(18-8-6-16-7-9-18)20-10-5-12-11-17-14-4-2-1-3-13(12)14/h1-4,11,16-17H,5-10H2. The summed E-state index contributed by atoms with van der Waals surface area (Å²) in [4.78, 5) is 5.64. The third-order valence-corrected chi connectivity index (χ3v) is 5.17. The summed E-state index contributed by atoms with van der Waals surface area (Å²) < 4.78 is 1.05. The molecule has 3 nitrogen and oxygen atoms in total. The van der Waals surface area contributed by atoms with E-state index in [0.29, 0.717) is 0 Å². The van der Waals surface area contributed by atoms with Gasteiger partial charge in [-0.3, -0.25) is 0 Å². The van der Waals surface area contributed by atoms with Crippen molar-refractivity contribution in [3.8, 4) is 0 Å². The molecule has 1 saturated heterocycles. The Morgan fingerprint density at radius 2 is 2.05 bits per heavy atom. The van der Waals surface area contributed by atoms with Gasteiger partial charge in [0, 0.05) is 49.0 Å². The van der Waals surface area contributed by atoms with Crippen molar-refractivity contribution < 1.29 is 0 Å². The molecule has 2 aromatic rings. The highest BCUT2D eigenvalue weighted by Gasteiger charge is 2.13. The molecule has 2 N–H and O–H groups in total. The van der Waals surface area contributed by atoms with Crippen LogP contribution in [0.2, 0.25) is 0 Å². The number of aromatic amines is 1. The minimum absolute atomic E-state index is 1.04. The molecule has 1 aromatic carbocycles. The van der Waals surface area contributed by atoms with E-state index in [1.165, 1.54) is 16.5 Å². The van der Waals surface area contributed by atoms with Crippen molar-refractivity contribution in [2.75, 3.05) is 31.9 Å². The van der Waals surface area contributed by atoms with Crippen molar-refractivity contribution in [1.29, 1.82) is 0 Å². The minimum atomic E-state index is 1.04. The van der Waals surface area contributed by atoms with E-state index in [2.05, 4.69) is 45.7 Å². The van der Waals surface area contributed by atoms with E-state index < -0.39 is 0 Å². The van der Waals surface area contributed by atoms with E-state index in [1.54, 1.807) is 11.8 Å². The number of H-pyrrole nitrogens is 1. The topological polar surface area (TPSA) is 31.1 Å². The summed E-state index contributed by atoms with van der Waals surface area (Å²) in [6, 6.07) is 8.47. The van der Waals surface area contributed by atoms with Gasteiger partial charge in [-0.25, -0.2) is 0 Å². The van der Waals surface area contributed by atoms with Gasteiger partial charge in [0.2, 0.25) is 0 Å². The second kappa shape index (κ2) is 6.61. The summed E-state index contributed by atoms with van der Waals surface area (Å²) in [5, 5.41) is 4.69. The molecule has 0 spiro atoms. The molecule has 0 radical (unpaired) electrons. The van der Waals surface area contributed by atoms with E-state index in [9.17, 15) is 0 Å². The number of nitrogens with zero attached hydrogens (tertiary/aromatic N) is 1. The maximum atomic E-state index is 5.52. The van der Waals surface area contributed by atoms with Gasteiger partial charge in [0.1, 0.15) is 4.32 Å². The highest BCUT2D eigenvalue weighted by atomic mass is 32.2. The van der Waals surface area contributed by atoms with Crippen LogP contribution in [-0.2, 0) is 6.42 Å². The SMILES string of the molecule is S=C(SCCc1c[nH]c2ccccc12)N1CCNCC1. The number of para-hydroxylation sites is 1.